The lowest BCUT2D eigenvalue weighted by Gasteiger charge is -2.36. The molecule has 24 heavy (non-hydrogen) atoms. The monoisotopic (exact) mass is 333 g/mol. The lowest BCUT2D eigenvalue weighted by Crippen LogP contribution is -2.49. The summed E-state index contributed by atoms with van der Waals surface area (Å²) in [5, 5.41) is 30.7. The zero-order valence-electron chi connectivity index (χ0n) is 12.6. The van der Waals surface area contributed by atoms with Crippen molar-refractivity contribution in [1.29, 1.82) is 0 Å². The second kappa shape index (κ2) is 6.40. The lowest BCUT2D eigenvalue weighted by atomic mass is 10.2. The number of oxime groups is 1. The van der Waals surface area contributed by atoms with E-state index in [9.17, 15) is 15.3 Å². The van der Waals surface area contributed by atoms with Crippen molar-refractivity contribution < 1.29 is 14.8 Å². The Morgan fingerprint density at radius 2 is 2.00 bits per heavy atom. The van der Waals surface area contributed by atoms with E-state index in [0.717, 1.165) is 0 Å². The van der Waals surface area contributed by atoms with Crippen LogP contribution in [-0.2, 0) is 0 Å². The van der Waals surface area contributed by atoms with Gasteiger partial charge in [-0.25, -0.2) is 4.63 Å². The van der Waals surface area contributed by atoms with E-state index in [0.29, 0.717) is 31.9 Å². The molecular weight excluding hydrogens is 318 g/mol. The SMILES string of the molecule is Nc1nonc1/C(=N/O)N1CCN(c2ccccc2[N+](=O)[O-])CC1. The molecule has 11 heteroatoms. The topological polar surface area (TPSA) is 147 Å². The Bertz CT molecular complexity index is 767. The molecule has 0 bridgehead atoms. The number of nitrogen functional groups attached to an aromatic ring is 1. The maximum Gasteiger partial charge on any atom is 0.292 e. The molecule has 1 fully saturated rings. The summed E-state index contributed by atoms with van der Waals surface area (Å²) in [6, 6.07) is 6.59. The second-order valence-corrected chi connectivity index (χ2v) is 5.14. The number of hydrogen-bond acceptors (Lipinski definition) is 9. The van der Waals surface area contributed by atoms with Crippen molar-refractivity contribution in [2.24, 2.45) is 5.16 Å². The van der Waals surface area contributed by atoms with Crippen LogP contribution in [0.5, 0.6) is 0 Å². The number of nitrogens with zero attached hydrogens (tertiary/aromatic N) is 6. The quantitative estimate of drug-likeness (QED) is 0.269. The molecule has 0 unspecified atom stereocenters. The Morgan fingerprint density at radius 1 is 1.29 bits per heavy atom. The number of benzene rings is 1. The first-order valence-corrected chi connectivity index (χ1v) is 7.15. The number of nitro benzene ring substituents is 1. The third-order valence-electron chi connectivity index (χ3n) is 3.82. The number of nitro groups is 1. The standard InChI is InChI=1S/C13H15N7O4/c14-12-11(16-24-17-12)13(15-21)19-7-5-18(6-8-19)9-3-1-2-4-10(9)20(22)23/h1-4,21H,5-8H2,(H2,14,17)/b15-13-. The van der Waals surface area contributed by atoms with E-state index >= 15 is 0 Å². The van der Waals surface area contributed by atoms with E-state index in [2.05, 4.69) is 20.1 Å². The molecule has 1 aliphatic rings. The smallest absolute Gasteiger partial charge is 0.292 e. The van der Waals surface area contributed by atoms with Crippen LogP contribution in [0.1, 0.15) is 5.69 Å². The van der Waals surface area contributed by atoms with Crippen LogP contribution in [0.3, 0.4) is 0 Å². The van der Waals surface area contributed by atoms with Crippen LogP contribution >= 0.6 is 0 Å². The first kappa shape index (κ1) is 15.5. The average Bonchev–Trinajstić information content (AvgIpc) is 3.02. The molecule has 3 rings (SSSR count). The van der Waals surface area contributed by atoms with Gasteiger partial charge in [-0.15, -0.1) is 0 Å². The summed E-state index contributed by atoms with van der Waals surface area (Å²) in [5.74, 6) is 0.194. The number of nitrogens with two attached hydrogens (primary N) is 1. The first-order chi connectivity index (χ1) is 11.6. The molecule has 3 N–H and O–H groups in total. The van der Waals surface area contributed by atoms with Crippen molar-refractivity contribution in [2.45, 2.75) is 0 Å². The molecule has 11 nitrogen and oxygen atoms in total. The Hall–Kier alpha value is -3.37. The summed E-state index contributed by atoms with van der Waals surface area (Å²) in [6.07, 6.45) is 0. The van der Waals surface area contributed by atoms with Gasteiger partial charge in [0.1, 0.15) is 5.69 Å². The van der Waals surface area contributed by atoms with Crippen LogP contribution in [0.15, 0.2) is 34.1 Å². The minimum atomic E-state index is -0.399. The van der Waals surface area contributed by atoms with Gasteiger partial charge in [0, 0.05) is 32.2 Å². The van der Waals surface area contributed by atoms with E-state index in [1.807, 2.05) is 4.90 Å². The van der Waals surface area contributed by atoms with E-state index < -0.39 is 4.92 Å². The van der Waals surface area contributed by atoms with Gasteiger partial charge in [-0.2, -0.15) is 0 Å². The van der Waals surface area contributed by atoms with Crippen molar-refractivity contribution in [2.75, 3.05) is 36.8 Å². The van der Waals surface area contributed by atoms with Gasteiger partial charge in [0.15, 0.2) is 11.5 Å². The van der Waals surface area contributed by atoms with Crippen LogP contribution in [0.4, 0.5) is 17.2 Å². The van der Waals surface area contributed by atoms with E-state index in [1.54, 1.807) is 23.1 Å². The molecule has 0 spiro atoms. The molecule has 2 heterocycles. The highest BCUT2D eigenvalue weighted by atomic mass is 16.6. The molecule has 0 radical (unpaired) electrons. The number of hydrogen-bond donors (Lipinski definition) is 2. The third-order valence-corrected chi connectivity index (χ3v) is 3.82. The molecule has 2 aromatic rings. The molecule has 126 valence electrons. The van der Waals surface area contributed by atoms with Gasteiger partial charge in [0.2, 0.25) is 5.84 Å². The maximum absolute atomic E-state index is 11.2. The van der Waals surface area contributed by atoms with Crippen LogP contribution in [0.2, 0.25) is 0 Å². The van der Waals surface area contributed by atoms with Crippen LogP contribution in [-0.4, -0.2) is 57.4 Å². The van der Waals surface area contributed by atoms with E-state index in [-0.39, 0.29) is 23.0 Å². The Labute approximate surface area is 136 Å². The molecule has 1 saturated heterocycles. The molecule has 0 aliphatic carbocycles. The number of piperazine rings is 1. The summed E-state index contributed by atoms with van der Waals surface area (Å²) in [4.78, 5) is 14.4. The van der Waals surface area contributed by atoms with Crippen LogP contribution < -0.4 is 10.6 Å². The highest BCUT2D eigenvalue weighted by molar-refractivity contribution is 6.00. The number of amidine groups is 1. The van der Waals surface area contributed by atoms with E-state index in [1.165, 1.54) is 6.07 Å². The van der Waals surface area contributed by atoms with Gasteiger partial charge < -0.3 is 20.7 Å². The molecule has 0 amide bonds. The molecular formula is C13H15N7O4. The van der Waals surface area contributed by atoms with Crippen molar-refractivity contribution >= 4 is 23.0 Å². The number of para-hydroxylation sites is 2. The molecule has 1 aromatic heterocycles. The normalized spacial score (nSPS) is 15.6. The van der Waals surface area contributed by atoms with Gasteiger partial charge >= 0.3 is 0 Å². The predicted octanol–water partition coefficient (Wildman–Crippen LogP) is 0.518. The minimum Gasteiger partial charge on any atom is -0.409 e. The Morgan fingerprint density at radius 3 is 2.58 bits per heavy atom. The third kappa shape index (κ3) is 2.78. The summed E-state index contributed by atoms with van der Waals surface area (Å²) in [6.45, 7) is 1.96. The lowest BCUT2D eigenvalue weighted by molar-refractivity contribution is -0.384. The van der Waals surface area contributed by atoms with Crippen molar-refractivity contribution in [3.63, 3.8) is 0 Å². The van der Waals surface area contributed by atoms with Crippen LogP contribution in [0.25, 0.3) is 0 Å². The molecule has 0 atom stereocenters. The molecule has 1 aliphatic heterocycles. The fourth-order valence-electron chi connectivity index (χ4n) is 2.66. The van der Waals surface area contributed by atoms with E-state index in [4.69, 9.17) is 5.73 Å². The van der Waals surface area contributed by atoms with Gasteiger partial charge in [0.25, 0.3) is 5.69 Å². The predicted molar refractivity (Wildman–Crippen MR) is 83.9 cm³/mol. The van der Waals surface area contributed by atoms with Gasteiger partial charge in [-0.05, 0) is 16.4 Å². The van der Waals surface area contributed by atoms with Crippen molar-refractivity contribution in [1.82, 2.24) is 15.2 Å². The highest BCUT2D eigenvalue weighted by Gasteiger charge is 2.28. The highest BCUT2D eigenvalue weighted by Crippen LogP contribution is 2.28. The number of anilines is 2. The summed E-state index contributed by atoms with van der Waals surface area (Å²) < 4.78 is 4.52. The summed E-state index contributed by atoms with van der Waals surface area (Å²) in [5.41, 5.74) is 6.41. The number of rotatable bonds is 3. The fraction of sp³-hybridized carbons (Fsp3) is 0.308. The molecule has 1 aromatic carbocycles. The van der Waals surface area contributed by atoms with Gasteiger partial charge in [-0.3, -0.25) is 10.1 Å². The molecule has 0 saturated carbocycles. The van der Waals surface area contributed by atoms with Gasteiger partial charge in [0.05, 0.1) is 4.92 Å². The summed E-state index contributed by atoms with van der Waals surface area (Å²) in [7, 11) is 0. The second-order valence-electron chi connectivity index (χ2n) is 5.14. The van der Waals surface area contributed by atoms with Crippen molar-refractivity contribution in [3.05, 3.63) is 40.1 Å². The largest absolute Gasteiger partial charge is 0.409 e. The minimum absolute atomic E-state index is 0.0314. The Balaban J connectivity index is 1.75. The zero-order chi connectivity index (χ0) is 17.1. The van der Waals surface area contributed by atoms with Crippen molar-refractivity contribution in [3.8, 4) is 0 Å². The Kier molecular flexibility index (Phi) is 4.14. The van der Waals surface area contributed by atoms with Crippen LogP contribution in [0, 0.1) is 10.1 Å². The maximum atomic E-state index is 11.2. The average molecular weight is 333 g/mol. The summed E-state index contributed by atoms with van der Waals surface area (Å²) >= 11 is 0. The van der Waals surface area contributed by atoms with Gasteiger partial charge in [-0.1, -0.05) is 17.3 Å². The fourth-order valence-corrected chi connectivity index (χ4v) is 2.66. The first-order valence-electron chi connectivity index (χ1n) is 7.15. The zero-order valence-corrected chi connectivity index (χ0v) is 12.6. The number of aromatic nitrogens is 2.